The number of rotatable bonds is 4. The summed E-state index contributed by atoms with van der Waals surface area (Å²) in [6.07, 6.45) is 0.893. The summed E-state index contributed by atoms with van der Waals surface area (Å²) < 4.78 is 5.59. The molecule has 1 aromatic rings. The van der Waals surface area contributed by atoms with Crippen molar-refractivity contribution >= 4 is 5.69 Å². The maximum Gasteiger partial charge on any atom is 0.122 e. The van der Waals surface area contributed by atoms with Crippen LogP contribution < -0.4 is 10.5 Å². The number of nitrogens with two attached hydrogens (primary N) is 1. The Hall–Kier alpha value is -1.44. The maximum absolute atomic E-state index is 5.63. The molecule has 0 amide bonds. The van der Waals surface area contributed by atoms with Gasteiger partial charge in [0.1, 0.15) is 5.75 Å². The van der Waals surface area contributed by atoms with Crippen molar-refractivity contribution in [2.24, 2.45) is 0 Å². The van der Waals surface area contributed by atoms with Crippen LogP contribution in [0.5, 0.6) is 5.75 Å². The molecule has 0 heterocycles. The number of anilines is 1. The minimum Gasteiger partial charge on any atom is -0.493 e. The largest absolute Gasteiger partial charge is 0.493 e. The third-order valence-electron chi connectivity index (χ3n) is 1.99. The second-order valence-electron chi connectivity index (χ2n) is 3.58. The van der Waals surface area contributed by atoms with Crippen LogP contribution in [-0.4, -0.2) is 6.61 Å². The molecule has 0 aliphatic heterocycles. The van der Waals surface area contributed by atoms with Crippen LogP contribution >= 0.6 is 0 Å². The van der Waals surface area contributed by atoms with Gasteiger partial charge < -0.3 is 10.5 Å². The molecule has 2 heteroatoms. The van der Waals surface area contributed by atoms with Crippen molar-refractivity contribution in [3.8, 4) is 5.75 Å². The molecule has 14 heavy (non-hydrogen) atoms. The summed E-state index contributed by atoms with van der Waals surface area (Å²) in [6.45, 7) is 8.50. The van der Waals surface area contributed by atoms with Gasteiger partial charge in [0.15, 0.2) is 0 Å². The number of hydrogen-bond acceptors (Lipinski definition) is 2. The van der Waals surface area contributed by atoms with Gasteiger partial charge in [-0.25, -0.2) is 0 Å². The Morgan fingerprint density at radius 1 is 1.50 bits per heavy atom. The molecule has 0 unspecified atom stereocenters. The third-order valence-corrected chi connectivity index (χ3v) is 1.99. The van der Waals surface area contributed by atoms with E-state index in [9.17, 15) is 0 Å². The summed E-state index contributed by atoms with van der Waals surface area (Å²) >= 11 is 0. The first-order valence-corrected chi connectivity index (χ1v) is 4.73. The fraction of sp³-hybridized carbons (Fsp3) is 0.333. The van der Waals surface area contributed by atoms with Gasteiger partial charge in [-0.1, -0.05) is 5.57 Å². The van der Waals surface area contributed by atoms with Crippen LogP contribution in [0.1, 0.15) is 18.9 Å². The molecular weight excluding hydrogens is 174 g/mol. The summed E-state index contributed by atoms with van der Waals surface area (Å²) in [5.74, 6) is 0.903. The predicted octanol–water partition coefficient (Wildman–Crippen LogP) is 2.92. The maximum atomic E-state index is 5.63. The van der Waals surface area contributed by atoms with Gasteiger partial charge in [0.2, 0.25) is 0 Å². The van der Waals surface area contributed by atoms with E-state index < -0.39 is 0 Å². The molecule has 76 valence electrons. The lowest BCUT2D eigenvalue weighted by Gasteiger charge is -2.09. The van der Waals surface area contributed by atoms with E-state index in [1.165, 1.54) is 0 Å². The molecule has 0 aliphatic carbocycles. The Morgan fingerprint density at radius 3 is 2.79 bits per heavy atom. The van der Waals surface area contributed by atoms with Crippen molar-refractivity contribution in [3.05, 3.63) is 35.9 Å². The van der Waals surface area contributed by atoms with Crippen LogP contribution in [0, 0.1) is 6.92 Å². The Labute approximate surface area is 85.4 Å². The molecule has 2 nitrogen and oxygen atoms in total. The van der Waals surface area contributed by atoms with Crippen LogP contribution in [-0.2, 0) is 0 Å². The van der Waals surface area contributed by atoms with Crippen LogP contribution in [0.3, 0.4) is 0 Å². The normalized spacial score (nSPS) is 9.86. The average Bonchev–Trinajstić information content (AvgIpc) is 2.08. The topological polar surface area (TPSA) is 35.2 Å². The number of hydrogen-bond donors (Lipinski definition) is 1. The zero-order valence-corrected chi connectivity index (χ0v) is 8.84. The standard InChI is InChI=1S/C12H17NO/c1-9(2)6-7-14-12-5-4-11(13)8-10(12)3/h4-5,8H,1,6-7,13H2,2-3H3. The second kappa shape index (κ2) is 4.70. The molecule has 0 aromatic heterocycles. The van der Waals surface area contributed by atoms with Crippen molar-refractivity contribution in [1.29, 1.82) is 0 Å². The van der Waals surface area contributed by atoms with Gasteiger partial charge in [0, 0.05) is 12.1 Å². The first kappa shape index (κ1) is 10.6. The second-order valence-corrected chi connectivity index (χ2v) is 3.58. The van der Waals surface area contributed by atoms with Gasteiger partial charge in [-0.3, -0.25) is 0 Å². The van der Waals surface area contributed by atoms with Crippen molar-refractivity contribution in [2.75, 3.05) is 12.3 Å². The monoisotopic (exact) mass is 191 g/mol. The molecule has 1 aromatic carbocycles. The molecule has 0 saturated carbocycles. The van der Waals surface area contributed by atoms with Gasteiger partial charge in [-0.15, -0.1) is 6.58 Å². The summed E-state index contributed by atoms with van der Waals surface area (Å²) in [5, 5.41) is 0. The quantitative estimate of drug-likeness (QED) is 0.586. The lowest BCUT2D eigenvalue weighted by atomic mass is 10.2. The molecule has 0 radical (unpaired) electrons. The highest BCUT2D eigenvalue weighted by Crippen LogP contribution is 2.20. The minimum atomic E-state index is 0.681. The van der Waals surface area contributed by atoms with Crippen molar-refractivity contribution in [3.63, 3.8) is 0 Å². The van der Waals surface area contributed by atoms with E-state index in [1.54, 1.807) is 0 Å². The Balaban J connectivity index is 2.55. The molecular formula is C12H17NO. The summed E-state index contributed by atoms with van der Waals surface area (Å²) in [6, 6.07) is 5.67. The van der Waals surface area contributed by atoms with E-state index in [4.69, 9.17) is 10.5 Å². The van der Waals surface area contributed by atoms with E-state index in [1.807, 2.05) is 32.0 Å². The predicted molar refractivity (Wildman–Crippen MR) is 60.5 cm³/mol. The third kappa shape index (κ3) is 3.13. The number of nitrogen functional groups attached to an aromatic ring is 1. The van der Waals surface area contributed by atoms with Crippen LogP contribution in [0.25, 0.3) is 0 Å². The summed E-state index contributed by atoms with van der Waals surface area (Å²) in [7, 11) is 0. The molecule has 0 atom stereocenters. The van der Waals surface area contributed by atoms with Gasteiger partial charge in [0.05, 0.1) is 6.61 Å². The van der Waals surface area contributed by atoms with Crippen LogP contribution in [0.2, 0.25) is 0 Å². The molecule has 0 fully saturated rings. The Bertz CT molecular complexity index is 331. The van der Waals surface area contributed by atoms with E-state index in [0.29, 0.717) is 6.61 Å². The van der Waals surface area contributed by atoms with Crippen molar-refractivity contribution in [2.45, 2.75) is 20.3 Å². The van der Waals surface area contributed by atoms with Crippen molar-refractivity contribution in [1.82, 2.24) is 0 Å². The van der Waals surface area contributed by atoms with E-state index >= 15 is 0 Å². The van der Waals surface area contributed by atoms with Gasteiger partial charge in [-0.2, -0.15) is 0 Å². The number of aryl methyl sites for hydroxylation is 1. The zero-order valence-electron chi connectivity index (χ0n) is 8.84. The Kier molecular flexibility index (Phi) is 3.57. The summed E-state index contributed by atoms with van der Waals surface area (Å²) in [4.78, 5) is 0. The SMILES string of the molecule is C=C(C)CCOc1ccc(N)cc1C. The smallest absolute Gasteiger partial charge is 0.122 e. The minimum absolute atomic E-state index is 0.681. The summed E-state index contributed by atoms with van der Waals surface area (Å²) in [5.41, 5.74) is 8.62. The average molecular weight is 191 g/mol. The molecule has 1 rings (SSSR count). The fourth-order valence-electron chi connectivity index (χ4n) is 1.17. The zero-order chi connectivity index (χ0) is 10.6. The fourth-order valence-corrected chi connectivity index (χ4v) is 1.17. The highest BCUT2D eigenvalue weighted by Gasteiger charge is 1.99. The van der Waals surface area contributed by atoms with E-state index in [2.05, 4.69) is 6.58 Å². The van der Waals surface area contributed by atoms with Gasteiger partial charge in [-0.05, 0) is 37.6 Å². The van der Waals surface area contributed by atoms with Crippen molar-refractivity contribution < 1.29 is 4.74 Å². The van der Waals surface area contributed by atoms with Crippen LogP contribution in [0.4, 0.5) is 5.69 Å². The first-order chi connectivity index (χ1) is 6.59. The van der Waals surface area contributed by atoms with Gasteiger partial charge >= 0.3 is 0 Å². The van der Waals surface area contributed by atoms with Gasteiger partial charge in [0.25, 0.3) is 0 Å². The van der Waals surface area contributed by atoms with E-state index in [-0.39, 0.29) is 0 Å². The lowest BCUT2D eigenvalue weighted by Crippen LogP contribution is -1.99. The lowest BCUT2D eigenvalue weighted by molar-refractivity contribution is 0.319. The highest BCUT2D eigenvalue weighted by atomic mass is 16.5. The molecule has 0 bridgehead atoms. The molecule has 2 N–H and O–H groups in total. The molecule has 0 saturated heterocycles. The first-order valence-electron chi connectivity index (χ1n) is 4.73. The Morgan fingerprint density at radius 2 is 2.21 bits per heavy atom. The molecule has 0 spiro atoms. The van der Waals surface area contributed by atoms with E-state index in [0.717, 1.165) is 29.0 Å². The number of benzene rings is 1. The van der Waals surface area contributed by atoms with Crippen LogP contribution in [0.15, 0.2) is 30.4 Å². The molecule has 0 aliphatic rings. The number of ether oxygens (including phenoxy) is 1. The highest BCUT2D eigenvalue weighted by molar-refractivity contribution is 5.47.